The van der Waals surface area contributed by atoms with E-state index >= 15 is 0 Å². The van der Waals surface area contributed by atoms with E-state index in [2.05, 4.69) is 15.9 Å². The smallest absolute Gasteiger partial charge is 0.207 e. The standard InChI is InChI=1S/C15H15BrO4S/c1-8-5-10(16)15(21-8)14(17)9-6-12(19-3)13(20-4)7-11(9)18-2/h5-7H,1-4H3. The Morgan fingerprint density at radius 3 is 2.05 bits per heavy atom. The molecule has 4 nitrogen and oxygen atoms in total. The molecule has 0 atom stereocenters. The highest BCUT2D eigenvalue weighted by Crippen LogP contribution is 2.37. The van der Waals surface area contributed by atoms with Crippen molar-refractivity contribution in [2.75, 3.05) is 21.3 Å². The van der Waals surface area contributed by atoms with E-state index in [1.54, 1.807) is 12.1 Å². The number of hydrogen-bond acceptors (Lipinski definition) is 5. The summed E-state index contributed by atoms with van der Waals surface area (Å²) in [4.78, 5) is 14.4. The number of ketones is 1. The van der Waals surface area contributed by atoms with Gasteiger partial charge in [0.25, 0.3) is 0 Å². The topological polar surface area (TPSA) is 44.8 Å². The first-order chi connectivity index (χ1) is 10.0. The van der Waals surface area contributed by atoms with Gasteiger partial charge in [0.2, 0.25) is 5.78 Å². The molecule has 0 aliphatic rings. The number of thiophene rings is 1. The van der Waals surface area contributed by atoms with Crippen molar-refractivity contribution in [2.24, 2.45) is 0 Å². The zero-order chi connectivity index (χ0) is 15.6. The van der Waals surface area contributed by atoms with Crippen LogP contribution in [0.15, 0.2) is 22.7 Å². The Bertz CT molecular complexity index is 679. The van der Waals surface area contributed by atoms with Gasteiger partial charge in [0.1, 0.15) is 5.75 Å². The number of rotatable bonds is 5. The van der Waals surface area contributed by atoms with Gasteiger partial charge in [0, 0.05) is 15.4 Å². The lowest BCUT2D eigenvalue weighted by Gasteiger charge is -2.13. The van der Waals surface area contributed by atoms with Crippen LogP contribution in [-0.2, 0) is 0 Å². The third-order valence-electron chi connectivity index (χ3n) is 2.97. The number of hydrogen-bond donors (Lipinski definition) is 0. The van der Waals surface area contributed by atoms with Crippen molar-refractivity contribution >= 4 is 33.0 Å². The monoisotopic (exact) mass is 370 g/mol. The second kappa shape index (κ2) is 6.49. The summed E-state index contributed by atoms with van der Waals surface area (Å²) in [5, 5.41) is 0. The molecule has 0 saturated carbocycles. The van der Waals surface area contributed by atoms with Crippen LogP contribution in [0.2, 0.25) is 0 Å². The summed E-state index contributed by atoms with van der Waals surface area (Å²) in [5.41, 5.74) is 0.442. The Labute approximate surface area is 135 Å². The zero-order valence-corrected chi connectivity index (χ0v) is 14.6. The van der Waals surface area contributed by atoms with Crippen molar-refractivity contribution in [3.05, 3.63) is 38.0 Å². The van der Waals surface area contributed by atoms with Crippen LogP contribution in [0.5, 0.6) is 17.2 Å². The average Bonchev–Trinajstić information content (AvgIpc) is 2.83. The van der Waals surface area contributed by atoms with Crippen LogP contribution in [0.3, 0.4) is 0 Å². The first-order valence-corrected chi connectivity index (χ1v) is 7.73. The number of benzene rings is 1. The maximum absolute atomic E-state index is 12.7. The highest BCUT2D eigenvalue weighted by atomic mass is 79.9. The SMILES string of the molecule is COc1cc(OC)c(C(=O)c2sc(C)cc2Br)cc1OC. The number of ether oxygens (including phenoxy) is 3. The predicted molar refractivity (Wildman–Crippen MR) is 86.3 cm³/mol. The highest BCUT2D eigenvalue weighted by Gasteiger charge is 2.22. The van der Waals surface area contributed by atoms with Gasteiger partial charge in [0.15, 0.2) is 11.5 Å². The van der Waals surface area contributed by atoms with Crippen LogP contribution in [0, 0.1) is 6.92 Å². The van der Waals surface area contributed by atoms with Gasteiger partial charge >= 0.3 is 0 Å². The predicted octanol–water partition coefficient (Wildman–Crippen LogP) is 4.08. The molecule has 2 rings (SSSR count). The Balaban J connectivity index is 2.56. The van der Waals surface area contributed by atoms with Crippen LogP contribution in [0.1, 0.15) is 20.1 Å². The van der Waals surface area contributed by atoms with Gasteiger partial charge in [-0.2, -0.15) is 0 Å². The normalized spacial score (nSPS) is 10.3. The lowest BCUT2D eigenvalue weighted by atomic mass is 10.1. The van der Waals surface area contributed by atoms with Gasteiger partial charge in [-0.15, -0.1) is 11.3 Å². The fourth-order valence-electron chi connectivity index (χ4n) is 1.97. The van der Waals surface area contributed by atoms with Crippen LogP contribution < -0.4 is 14.2 Å². The molecule has 0 unspecified atom stereocenters. The molecule has 0 amide bonds. The van der Waals surface area contributed by atoms with E-state index in [4.69, 9.17) is 14.2 Å². The largest absolute Gasteiger partial charge is 0.496 e. The summed E-state index contributed by atoms with van der Waals surface area (Å²) in [6.45, 7) is 1.96. The van der Waals surface area contributed by atoms with Crippen molar-refractivity contribution < 1.29 is 19.0 Å². The molecule has 1 aromatic heterocycles. The molecule has 1 heterocycles. The van der Waals surface area contributed by atoms with E-state index in [1.807, 2.05) is 13.0 Å². The van der Waals surface area contributed by atoms with Crippen molar-refractivity contribution in [1.82, 2.24) is 0 Å². The first-order valence-electron chi connectivity index (χ1n) is 6.12. The summed E-state index contributed by atoms with van der Waals surface area (Å²) in [6, 6.07) is 5.22. The van der Waals surface area contributed by atoms with E-state index in [0.717, 1.165) is 9.35 Å². The number of carbonyl (C=O) groups excluding carboxylic acids is 1. The summed E-state index contributed by atoms with van der Waals surface area (Å²) in [5.74, 6) is 1.35. The molecule has 6 heteroatoms. The minimum atomic E-state index is -0.113. The fourth-order valence-corrected chi connectivity index (χ4v) is 3.74. The van der Waals surface area contributed by atoms with E-state index in [-0.39, 0.29) is 5.78 Å². The molecule has 0 N–H and O–H groups in total. The fraction of sp³-hybridized carbons (Fsp3) is 0.267. The van der Waals surface area contributed by atoms with Crippen molar-refractivity contribution in [2.45, 2.75) is 6.92 Å². The van der Waals surface area contributed by atoms with Gasteiger partial charge in [0.05, 0.1) is 31.8 Å². The Morgan fingerprint density at radius 1 is 1.00 bits per heavy atom. The molecule has 1 aromatic carbocycles. The molecule has 0 aliphatic carbocycles. The highest BCUT2D eigenvalue weighted by molar-refractivity contribution is 9.10. The third kappa shape index (κ3) is 3.06. The first kappa shape index (κ1) is 15.9. The van der Waals surface area contributed by atoms with E-state index in [9.17, 15) is 4.79 Å². The maximum Gasteiger partial charge on any atom is 0.207 e. The van der Waals surface area contributed by atoms with Crippen LogP contribution in [0.4, 0.5) is 0 Å². The minimum Gasteiger partial charge on any atom is -0.496 e. The Kier molecular flexibility index (Phi) is 4.90. The number of carbonyl (C=O) groups is 1. The zero-order valence-electron chi connectivity index (χ0n) is 12.2. The second-order valence-electron chi connectivity index (χ2n) is 4.27. The molecule has 0 fully saturated rings. The van der Waals surface area contributed by atoms with E-state index in [1.165, 1.54) is 32.7 Å². The number of halogens is 1. The van der Waals surface area contributed by atoms with Crippen molar-refractivity contribution in [1.29, 1.82) is 0 Å². The Hall–Kier alpha value is -1.53. The van der Waals surface area contributed by atoms with Gasteiger partial charge < -0.3 is 14.2 Å². The van der Waals surface area contributed by atoms with Gasteiger partial charge in [-0.1, -0.05) is 0 Å². The van der Waals surface area contributed by atoms with Crippen molar-refractivity contribution in [3.63, 3.8) is 0 Å². The molecular weight excluding hydrogens is 356 g/mol. The van der Waals surface area contributed by atoms with Gasteiger partial charge in [-0.3, -0.25) is 4.79 Å². The van der Waals surface area contributed by atoms with Gasteiger partial charge in [-0.05, 0) is 35.0 Å². The lowest BCUT2D eigenvalue weighted by molar-refractivity contribution is 0.103. The minimum absolute atomic E-state index is 0.113. The summed E-state index contributed by atoms with van der Waals surface area (Å²) in [7, 11) is 4.59. The maximum atomic E-state index is 12.7. The molecular formula is C15H15BrO4S. The van der Waals surface area contributed by atoms with E-state index < -0.39 is 0 Å². The summed E-state index contributed by atoms with van der Waals surface area (Å²) in [6.07, 6.45) is 0. The lowest BCUT2D eigenvalue weighted by Crippen LogP contribution is -2.04. The quantitative estimate of drug-likeness (QED) is 0.743. The molecule has 0 bridgehead atoms. The average molecular weight is 371 g/mol. The van der Waals surface area contributed by atoms with Crippen molar-refractivity contribution in [3.8, 4) is 17.2 Å². The summed E-state index contributed by atoms with van der Waals surface area (Å²) < 4.78 is 16.6. The van der Waals surface area contributed by atoms with Crippen LogP contribution >= 0.6 is 27.3 Å². The molecule has 0 radical (unpaired) electrons. The van der Waals surface area contributed by atoms with Crippen LogP contribution in [-0.4, -0.2) is 27.1 Å². The number of aryl methyl sites for hydroxylation is 1. The summed E-state index contributed by atoms with van der Waals surface area (Å²) >= 11 is 4.85. The third-order valence-corrected chi connectivity index (χ3v) is 4.90. The molecule has 2 aromatic rings. The Morgan fingerprint density at radius 2 is 1.57 bits per heavy atom. The molecule has 0 spiro atoms. The molecule has 0 saturated heterocycles. The molecule has 112 valence electrons. The molecule has 21 heavy (non-hydrogen) atoms. The van der Waals surface area contributed by atoms with Crippen LogP contribution in [0.25, 0.3) is 0 Å². The molecule has 0 aliphatic heterocycles. The number of methoxy groups -OCH3 is 3. The second-order valence-corrected chi connectivity index (χ2v) is 6.38. The van der Waals surface area contributed by atoms with E-state index in [0.29, 0.717) is 27.7 Å². The van der Waals surface area contributed by atoms with Gasteiger partial charge in [-0.25, -0.2) is 0 Å².